The number of carboxylic acid groups (broad SMARTS) is 1. The van der Waals surface area contributed by atoms with Crippen molar-refractivity contribution in [1.29, 1.82) is 0 Å². The molecule has 0 saturated carbocycles. The van der Waals surface area contributed by atoms with Gasteiger partial charge >= 0.3 is 5.97 Å². The molecule has 0 aliphatic carbocycles. The molecule has 0 spiro atoms. The second kappa shape index (κ2) is 3.85. The summed E-state index contributed by atoms with van der Waals surface area (Å²) in [5.41, 5.74) is 5.54. The van der Waals surface area contributed by atoms with E-state index in [1.807, 2.05) is 0 Å². The summed E-state index contributed by atoms with van der Waals surface area (Å²) in [5.74, 6) is -1.71. The lowest BCUT2D eigenvalue weighted by Gasteiger charge is -2.08. The Bertz CT molecular complexity index is 343. The number of rotatable bonds is 2. The molecular weight excluding hydrogens is 241 g/mol. The average Bonchev–Trinajstić information content (AvgIpc) is 2.08. The van der Waals surface area contributed by atoms with Crippen molar-refractivity contribution in [1.82, 2.24) is 0 Å². The number of aliphatic carboxylic acids is 1. The summed E-state index contributed by atoms with van der Waals surface area (Å²) in [4.78, 5) is 10.5. The maximum Gasteiger partial charge on any atom is 0.325 e. The van der Waals surface area contributed by atoms with E-state index in [0.29, 0.717) is 0 Å². The summed E-state index contributed by atoms with van der Waals surface area (Å²) < 4.78 is 13.0. The van der Waals surface area contributed by atoms with Gasteiger partial charge in [-0.05, 0) is 27.6 Å². The number of nitrogens with two attached hydrogens (primary N) is 1. The number of carboxylic acids is 1. The van der Waals surface area contributed by atoms with Crippen molar-refractivity contribution >= 4 is 21.9 Å². The van der Waals surface area contributed by atoms with Crippen molar-refractivity contribution in [2.75, 3.05) is 0 Å². The molecule has 70 valence electrons. The zero-order chi connectivity index (χ0) is 10.0. The number of benzene rings is 1. The Morgan fingerprint density at radius 1 is 1.62 bits per heavy atom. The molecule has 1 atom stereocenters. The largest absolute Gasteiger partial charge is 0.480 e. The zero-order valence-electron chi connectivity index (χ0n) is 6.50. The van der Waals surface area contributed by atoms with Crippen LogP contribution in [0.4, 0.5) is 4.39 Å². The Morgan fingerprint density at radius 3 is 2.77 bits per heavy atom. The van der Waals surface area contributed by atoms with E-state index in [4.69, 9.17) is 10.8 Å². The molecule has 1 unspecified atom stereocenters. The van der Waals surface area contributed by atoms with E-state index >= 15 is 0 Å². The van der Waals surface area contributed by atoms with Crippen molar-refractivity contribution in [2.45, 2.75) is 6.04 Å². The summed E-state index contributed by atoms with van der Waals surface area (Å²) in [7, 11) is 0. The Kier molecular flexibility index (Phi) is 3.00. The smallest absolute Gasteiger partial charge is 0.325 e. The maximum atomic E-state index is 12.9. The van der Waals surface area contributed by atoms with Crippen LogP contribution in [0.1, 0.15) is 11.6 Å². The van der Waals surface area contributed by atoms with Gasteiger partial charge in [0.15, 0.2) is 0 Å². The third-order valence-corrected chi connectivity index (χ3v) is 2.42. The van der Waals surface area contributed by atoms with E-state index < -0.39 is 17.8 Å². The highest BCUT2D eigenvalue weighted by Crippen LogP contribution is 2.24. The Morgan fingerprint density at radius 2 is 2.23 bits per heavy atom. The summed E-state index contributed by atoms with van der Waals surface area (Å²) in [6.07, 6.45) is 0. The van der Waals surface area contributed by atoms with Crippen LogP contribution in [0.25, 0.3) is 0 Å². The second-order valence-electron chi connectivity index (χ2n) is 2.46. The minimum Gasteiger partial charge on any atom is -0.480 e. The van der Waals surface area contributed by atoms with Gasteiger partial charge in [0, 0.05) is 0 Å². The monoisotopic (exact) mass is 247 g/mol. The van der Waals surface area contributed by atoms with E-state index in [-0.39, 0.29) is 10.0 Å². The normalized spacial score (nSPS) is 12.5. The lowest BCUT2D eigenvalue weighted by molar-refractivity contribution is -0.138. The van der Waals surface area contributed by atoms with E-state index in [1.165, 1.54) is 18.2 Å². The molecule has 0 heterocycles. The highest BCUT2D eigenvalue weighted by atomic mass is 79.9. The van der Waals surface area contributed by atoms with Crippen LogP contribution >= 0.6 is 15.9 Å². The molecular formula is C8H7BrFNO2. The van der Waals surface area contributed by atoms with Crippen molar-refractivity contribution in [2.24, 2.45) is 5.73 Å². The van der Waals surface area contributed by atoms with Crippen molar-refractivity contribution < 1.29 is 14.3 Å². The minimum absolute atomic E-state index is 0.102. The summed E-state index contributed by atoms with van der Waals surface area (Å²) >= 11 is 2.93. The van der Waals surface area contributed by atoms with E-state index in [1.54, 1.807) is 0 Å². The summed E-state index contributed by atoms with van der Waals surface area (Å²) in [5, 5.41) is 8.58. The second-order valence-corrected chi connectivity index (χ2v) is 3.25. The Balaban J connectivity index is 3.15. The number of hydrogen-bond donors (Lipinski definition) is 2. The third kappa shape index (κ3) is 2.05. The van der Waals surface area contributed by atoms with Crippen LogP contribution in [0.2, 0.25) is 0 Å². The van der Waals surface area contributed by atoms with Gasteiger partial charge in [0.2, 0.25) is 0 Å². The van der Waals surface area contributed by atoms with Gasteiger partial charge in [-0.25, -0.2) is 4.39 Å². The van der Waals surface area contributed by atoms with Gasteiger partial charge < -0.3 is 10.8 Å². The predicted molar refractivity (Wildman–Crippen MR) is 48.7 cm³/mol. The third-order valence-electron chi connectivity index (χ3n) is 1.58. The van der Waals surface area contributed by atoms with Gasteiger partial charge in [0.1, 0.15) is 11.9 Å². The van der Waals surface area contributed by atoms with E-state index in [9.17, 15) is 9.18 Å². The SMILES string of the molecule is NC(C(=O)O)c1cccc(F)c1Br. The molecule has 0 aromatic heterocycles. The summed E-state index contributed by atoms with van der Waals surface area (Å²) in [6, 6.07) is 2.90. The fraction of sp³-hybridized carbons (Fsp3) is 0.125. The van der Waals surface area contributed by atoms with Gasteiger partial charge in [0.25, 0.3) is 0 Å². The molecule has 1 rings (SSSR count). The fourth-order valence-corrected chi connectivity index (χ4v) is 1.40. The number of carbonyl (C=O) groups is 1. The lowest BCUT2D eigenvalue weighted by Crippen LogP contribution is -2.21. The molecule has 0 saturated heterocycles. The molecule has 3 nitrogen and oxygen atoms in total. The molecule has 0 fully saturated rings. The zero-order valence-corrected chi connectivity index (χ0v) is 8.08. The molecule has 5 heteroatoms. The maximum absolute atomic E-state index is 12.9. The van der Waals surface area contributed by atoms with Crippen molar-refractivity contribution in [3.05, 3.63) is 34.1 Å². The first kappa shape index (κ1) is 10.1. The standard InChI is InChI=1S/C8H7BrFNO2/c9-6-4(7(11)8(12)13)2-1-3-5(6)10/h1-3,7H,11H2,(H,12,13). The fourth-order valence-electron chi connectivity index (χ4n) is 0.894. The van der Waals surface area contributed by atoms with Crippen LogP contribution in [0.15, 0.2) is 22.7 Å². The molecule has 13 heavy (non-hydrogen) atoms. The van der Waals surface area contributed by atoms with Crippen LogP contribution in [0.3, 0.4) is 0 Å². The number of hydrogen-bond acceptors (Lipinski definition) is 2. The van der Waals surface area contributed by atoms with Crippen molar-refractivity contribution in [3.8, 4) is 0 Å². The van der Waals surface area contributed by atoms with Crippen LogP contribution in [0.5, 0.6) is 0 Å². The average molecular weight is 248 g/mol. The molecule has 0 aliphatic heterocycles. The predicted octanol–water partition coefficient (Wildman–Crippen LogP) is 1.67. The molecule has 0 aliphatic rings. The molecule has 0 radical (unpaired) electrons. The Labute approximate surface area is 82.5 Å². The van der Waals surface area contributed by atoms with Gasteiger partial charge in [-0.1, -0.05) is 12.1 Å². The summed E-state index contributed by atoms with van der Waals surface area (Å²) in [6.45, 7) is 0. The van der Waals surface area contributed by atoms with Crippen LogP contribution < -0.4 is 5.73 Å². The Hall–Kier alpha value is -0.940. The first-order valence-corrected chi connectivity index (χ1v) is 4.25. The van der Waals surface area contributed by atoms with Gasteiger partial charge in [0.05, 0.1) is 4.47 Å². The van der Waals surface area contributed by atoms with Gasteiger partial charge in [-0.15, -0.1) is 0 Å². The number of halogens is 2. The van der Waals surface area contributed by atoms with Crippen LogP contribution in [-0.4, -0.2) is 11.1 Å². The molecule has 1 aromatic carbocycles. The highest BCUT2D eigenvalue weighted by molar-refractivity contribution is 9.10. The van der Waals surface area contributed by atoms with Crippen LogP contribution in [-0.2, 0) is 4.79 Å². The highest BCUT2D eigenvalue weighted by Gasteiger charge is 2.18. The van der Waals surface area contributed by atoms with Crippen LogP contribution in [0, 0.1) is 5.82 Å². The minimum atomic E-state index is -1.20. The first-order chi connectivity index (χ1) is 6.04. The van der Waals surface area contributed by atoms with E-state index in [2.05, 4.69) is 15.9 Å². The topological polar surface area (TPSA) is 63.3 Å². The first-order valence-electron chi connectivity index (χ1n) is 3.46. The molecule has 3 N–H and O–H groups in total. The molecule has 1 aromatic rings. The van der Waals surface area contributed by atoms with E-state index in [0.717, 1.165) is 0 Å². The van der Waals surface area contributed by atoms with Gasteiger partial charge in [-0.3, -0.25) is 4.79 Å². The molecule has 0 amide bonds. The van der Waals surface area contributed by atoms with Gasteiger partial charge in [-0.2, -0.15) is 0 Å². The quantitative estimate of drug-likeness (QED) is 0.836. The lowest BCUT2D eigenvalue weighted by atomic mass is 10.1. The molecule has 0 bridgehead atoms. The van der Waals surface area contributed by atoms with Crippen molar-refractivity contribution in [3.63, 3.8) is 0 Å².